The molecule has 3 heterocycles. The fourth-order valence-electron chi connectivity index (χ4n) is 6.02. The third-order valence-corrected chi connectivity index (χ3v) is 8.52. The molecule has 4 atom stereocenters. The molecule has 2 aliphatic carbocycles. The van der Waals surface area contributed by atoms with Crippen LogP contribution in [0.5, 0.6) is 0 Å². The van der Waals surface area contributed by atoms with Gasteiger partial charge in [-0.25, -0.2) is 0 Å². The Labute approximate surface area is 172 Å². The van der Waals surface area contributed by atoms with E-state index in [9.17, 15) is 0 Å². The van der Waals surface area contributed by atoms with E-state index in [0.717, 1.165) is 25.7 Å². The van der Waals surface area contributed by atoms with Gasteiger partial charge in [0.15, 0.2) is 5.96 Å². The highest BCUT2D eigenvalue weighted by Gasteiger charge is 2.66. The summed E-state index contributed by atoms with van der Waals surface area (Å²) in [6.07, 6.45) is 8.33. The number of guanidine groups is 1. The highest BCUT2D eigenvalue weighted by molar-refractivity contribution is 7.10. The Hall–Kier alpha value is -1.11. The van der Waals surface area contributed by atoms with E-state index in [1.165, 1.54) is 56.5 Å². The maximum absolute atomic E-state index is 6.09. The van der Waals surface area contributed by atoms with Crippen LogP contribution in [0.4, 0.5) is 0 Å². The second-order valence-electron chi connectivity index (χ2n) is 8.95. The van der Waals surface area contributed by atoms with Gasteiger partial charge >= 0.3 is 0 Å². The van der Waals surface area contributed by atoms with E-state index in [0.29, 0.717) is 29.5 Å². The number of fused-ring (bicyclic) bond motifs is 2. The molecule has 2 saturated carbocycles. The van der Waals surface area contributed by atoms with Crippen LogP contribution in [0.1, 0.15) is 56.4 Å². The fourth-order valence-corrected chi connectivity index (χ4v) is 6.87. The lowest BCUT2D eigenvalue weighted by molar-refractivity contribution is -0.171. The first-order valence-electron chi connectivity index (χ1n) is 11.3. The average molecular weight is 403 g/mol. The molecule has 0 radical (unpaired) electrons. The number of nitrogens with one attached hydrogen (secondary N) is 2. The van der Waals surface area contributed by atoms with E-state index in [4.69, 9.17) is 9.73 Å². The predicted molar refractivity (Wildman–Crippen MR) is 115 cm³/mol. The fraction of sp³-hybridized carbons (Fsp3) is 0.773. The number of rotatable bonds is 6. The first kappa shape index (κ1) is 18.9. The van der Waals surface area contributed by atoms with E-state index in [1.54, 1.807) is 0 Å². The minimum atomic E-state index is 0.388. The van der Waals surface area contributed by atoms with Crippen molar-refractivity contribution in [1.82, 2.24) is 15.5 Å². The maximum atomic E-state index is 6.09. The molecule has 0 amide bonds. The van der Waals surface area contributed by atoms with Crippen LogP contribution in [-0.2, 0) is 4.74 Å². The Kier molecular flexibility index (Phi) is 5.37. The number of thiophene rings is 1. The number of nitrogens with zero attached hydrogens (tertiary/aromatic N) is 2. The molecule has 2 N–H and O–H groups in total. The van der Waals surface area contributed by atoms with Crippen molar-refractivity contribution in [2.24, 2.45) is 16.3 Å². The van der Waals surface area contributed by atoms with Crippen molar-refractivity contribution >= 4 is 17.3 Å². The Morgan fingerprint density at radius 3 is 2.89 bits per heavy atom. The maximum Gasteiger partial charge on any atom is 0.191 e. The summed E-state index contributed by atoms with van der Waals surface area (Å²) in [5.74, 6) is 1.68. The Morgan fingerprint density at radius 2 is 2.21 bits per heavy atom. The SMILES string of the molecule is CCNC(=NCC(c1cccs1)N1CCCC1)NC1C2CCOC2C12CCC2. The van der Waals surface area contributed by atoms with E-state index < -0.39 is 0 Å². The number of ether oxygens (including phenoxy) is 1. The first-order valence-corrected chi connectivity index (χ1v) is 12.1. The number of aliphatic imine (C=N–C) groups is 1. The Morgan fingerprint density at radius 1 is 1.36 bits per heavy atom. The van der Waals surface area contributed by atoms with Crippen LogP contribution in [0, 0.1) is 11.3 Å². The molecule has 0 aromatic carbocycles. The normalized spacial score (nSPS) is 32.6. The molecule has 2 aliphatic heterocycles. The molecule has 4 unspecified atom stereocenters. The predicted octanol–water partition coefficient (Wildman–Crippen LogP) is 3.40. The first-order chi connectivity index (χ1) is 13.8. The lowest BCUT2D eigenvalue weighted by atomic mass is 9.46. The van der Waals surface area contributed by atoms with Crippen molar-refractivity contribution < 1.29 is 4.74 Å². The minimum absolute atomic E-state index is 0.388. The van der Waals surface area contributed by atoms with Crippen molar-refractivity contribution in [1.29, 1.82) is 0 Å². The van der Waals surface area contributed by atoms with Gasteiger partial charge in [0.25, 0.3) is 0 Å². The summed E-state index contributed by atoms with van der Waals surface area (Å²) in [6.45, 7) is 7.25. The standard InChI is InChI=1S/C22H34N4OS/c1-2-23-21(25-19-16-8-13-27-20(16)22(19)9-6-10-22)24-15-17(18-7-5-14-28-18)26-11-3-4-12-26/h5,7,14,16-17,19-20H,2-4,6,8-13,15H2,1H3,(H2,23,24,25). The molecule has 5 nitrogen and oxygen atoms in total. The summed E-state index contributed by atoms with van der Waals surface area (Å²) >= 11 is 1.87. The molecule has 2 saturated heterocycles. The molecule has 1 aromatic rings. The summed E-state index contributed by atoms with van der Waals surface area (Å²) in [6, 6.07) is 5.41. The van der Waals surface area contributed by atoms with Crippen molar-refractivity contribution in [3.05, 3.63) is 22.4 Å². The third-order valence-electron chi connectivity index (χ3n) is 7.55. The van der Waals surface area contributed by atoms with Crippen LogP contribution < -0.4 is 10.6 Å². The summed E-state index contributed by atoms with van der Waals surface area (Å²) in [5, 5.41) is 9.57. The largest absolute Gasteiger partial charge is 0.377 e. The highest BCUT2D eigenvalue weighted by atomic mass is 32.1. The van der Waals surface area contributed by atoms with E-state index in [2.05, 4.69) is 40.0 Å². The molecule has 1 aromatic heterocycles. The summed E-state index contributed by atoms with van der Waals surface area (Å²) in [5.41, 5.74) is 0.388. The van der Waals surface area contributed by atoms with Crippen LogP contribution >= 0.6 is 11.3 Å². The van der Waals surface area contributed by atoms with E-state index in [-0.39, 0.29) is 0 Å². The molecule has 4 aliphatic rings. The third kappa shape index (κ3) is 3.17. The van der Waals surface area contributed by atoms with E-state index in [1.807, 2.05) is 11.3 Å². The quantitative estimate of drug-likeness (QED) is 0.566. The van der Waals surface area contributed by atoms with Gasteiger partial charge < -0.3 is 15.4 Å². The molecule has 1 spiro atoms. The second-order valence-corrected chi connectivity index (χ2v) is 9.93. The molecule has 4 fully saturated rings. The van der Waals surface area contributed by atoms with Crippen LogP contribution in [0.3, 0.4) is 0 Å². The number of hydrogen-bond acceptors (Lipinski definition) is 4. The van der Waals surface area contributed by atoms with Crippen molar-refractivity contribution in [3.63, 3.8) is 0 Å². The van der Waals surface area contributed by atoms with Gasteiger partial charge in [0.2, 0.25) is 0 Å². The molecule has 5 rings (SSSR count). The zero-order chi connectivity index (χ0) is 19.0. The zero-order valence-electron chi connectivity index (χ0n) is 17.0. The van der Waals surface area contributed by atoms with Gasteiger partial charge in [-0.15, -0.1) is 11.3 Å². The molecule has 154 valence electrons. The molecule has 6 heteroatoms. The van der Waals surface area contributed by atoms with Crippen LogP contribution in [0.25, 0.3) is 0 Å². The van der Waals surface area contributed by atoms with Gasteiger partial charge in [0.1, 0.15) is 0 Å². The molecule has 28 heavy (non-hydrogen) atoms. The number of hydrogen-bond donors (Lipinski definition) is 2. The van der Waals surface area contributed by atoms with Crippen molar-refractivity contribution in [2.75, 3.05) is 32.8 Å². The zero-order valence-corrected chi connectivity index (χ0v) is 17.8. The smallest absolute Gasteiger partial charge is 0.191 e. The van der Waals surface area contributed by atoms with Gasteiger partial charge in [-0.2, -0.15) is 0 Å². The lowest BCUT2D eigenvalue weighted by Gasteiger charge is -2.63. The van der Waals surface area contributed by atoms with Gasteiger partial charge in [0, 0.05) is 35.4 Å². The van der Waals surface area contributed by atoms with Crippen LogP contribution in [0.2, 0.25) is 0 Å². The minimum Gasteiger partial charge on any atom is -0.377 e. The summed E-state index contributed by atoms with van der Waals surface area (Å²) in [4.78, 5) is 9.16. The summed E-state index contributed by atoms with van der Waals surface area (Å²) < 4.78 is 6.09. The Balaban J connectivity index is 1.30. The summed E-state index contributed by atoms with van der Waals surface area (Å²) in [7, 11) is 0. The van der Waals surface area contributed by atoms with Gasteiger partial charge in [-0.3, -0.25) is 9.89 Å². The second kappa shape index (κ2) is 7.96. The lowest BCUT2D eigenvalue weighted by Crippen LogP contribution is -2.72. The van der Waals surface area contributed by atoms with E-state index >= 15 is 0 Å². The highest BCUT2D eigenvalue weighted by Crippen LogP contribution is 2.62. The monoisotopic (exact) mass is 402 g/mol. The number of likely N-dealkylation sites (tertiary alicyclic amines) is 1. The van der Waals surface area contributed by atoms with Crippen molar-refractivity contribution in [2.45, 2.75) is 63.6 Å². The van der Waals surface area contributed by atoms with Gasteiger partial charge in [0.05, 0.1) is 18.7 Å². The van der Waals surface area contributed by atoms with Gasteiger partial charge in [-0.05, 0) is 63.6 Å². The van der Waals surface area contributed by atoms with Crippen LogP contribution in [-0.4, -0.2) is 55.8 Å². The van der Waals surface area contributed by atoms with Gasteiger partial charge in [-0.1, -0.05) is 12.5 Å². The topological polar surface area (TPSA) is 48.9 Å². The molecular weight excluding hydrogens is 368 g/mol. The molecular formula is C22H34N4OS. The van der Waals surface area contributed by atoms with Crippen LogP contribution in [0.15, 0.2) is 22.5 Å². The average Bonchev–Trinajstić information content (AvgIpc) is 3.41. The Bertz CT molecular complexity index is 681. The molecule has 0 bridgehead atoms. The van der Waals surface area contributed by atoms with Crippen molar-refractivity contribution in [3.8, 4) is 0 Å².